The van der Waals surface area contributed by atoms with Crippen molar-refractivity contribution in [2.24, 2.45) is 11.8 Å². The molecule has 0 radical (unpaired) electrons. The Hall–Kier alpha value is -2.25. The zero-order chi connectivity index (χ0) is 19.0. The van der Waals surface area contributed by atoms with Crippen LogP contribution < -0.4 is 16.3 Å². The standard InChI is InChI=1S/C20H25FN4O2/c1-2-12-10-23-24-17(12)13-6-8-25(9-7-13)20(27)15-11-22-18-14(19(15)26)4-3-5-16(18)21/h3-5,11-13,17,23-24H,2,6-10H2,1H3,(H,22,26). The lowest BCUT2D eigenvalue weighted by atomic mass is 9.82. The molecule has 0 spiro atoms. The van der Waals surface area contributed by atoms with Crippen molar-refractivity contribution in [1.82, 2.24) is 20.7 Å². The van der Waals surface area contributed by atoms with Gasteiger partial charge in [-0.2, -0.15) is 0 Å². The molecule has 4 rings (SSSR count). The van der Waals surface area contributed by atoms with Gasteiger partial charge in [0, 0.05) is 37.3 Å². The maximum absolute atomic E-state index is 13.8. The Morgan fingerprint density at radius 2 is 2.07 bits per heavy atom. The van der Waals surface area contributed by atoms with E-state index in [1.807, 2.05) is 0 Å². The van der Waals surface area contributed by atoms with E-state index < -0.39 is 11.2 Å². The lowest BCUT2D eigenvalue weighted by Gasteiger charge is -2.36. The van der Waals surface area contributed by atoms with Gasteiger partial charge in [-0.3, -0.25) is 20.4 Å². The van der Waals surface area contributed by atoms with E-state index in [9.17, 15) is 14.0 Å². The molecule has 7 heteroatoms. The van der Waals surface area contributed by atoms with Crippen molar-refractivity contribution < 1.29 is 9.18 Å². The molecule has 3 N–H and O–H groups in total. The summed E-state index contributed by atoms with van der Waals surface area (Å²) in [5.74, 6) is 0.381. The number of aromatic amines is 1. The van der Waals surface area contributed by atoms with Crippen LogP contribution in [0, 0.1) is 17.7 Å². The Morgan fingerprint density at radius 1 is 1.30 bits per heavy atom. The number of aromatic nitrogens is 1. The van der Waals surface area contributed by atoms with Crippen LogP contribution in [0.15, 0.2) is 29.2 Å². The van der Waals surface area contributed by atoms with E-state index >= 15 is 0 Å². The van der Waals surface area contributed by atoms with E-state index in [2.05, 4.69) is 22.8 Å². The summed E-state index contributed by atoms with van der Waals surface area (Å²) in [5, 5.41) is 0.211. The second-order valence-electron chi connectivity index (χ2n) is 7.54. The maximum Gasteiger partial charge on any atom is 0.259 e. The molecule has 0 bridgehead atoms. The van der Waals surface area contributed by atoms with Gasteiger partial charge in [-0.05, 0) is 36.8 Å². The number of nitrogens with zero attached hydrogens (tertiary/aromatic N) is 1. The smallest absolute Gasteiger partial charge is 0.259 e. The minimum atomic E-state index is -0.493. The van der Waals surface area contributed by atoms with Crippen LogP contribution in [0.3, 0.4) is 0 Å². The molecule has 1 aromatic carbocycles. The van der Waals surface area contributed by atoms with E-state index in [0.717, 1.165) is 25.8 Å². The highest BCUT2D eigenvalue weighted by atomic mass is 19.1. The van der Waals surface area contributed by atoms with Crippen molar-refractivity contribution in [2.75, 3.05) is 19.6 Å². The average Bonchev–Trinajstić information content (AvgIpc) is 3.17. The van der Waals surface area contributed by atoms with Crippen LogP contribution in [-0.4, -0.2) is 41.5 Å². The Bertz CT molecular complexity index is 904. The minimum Gasteiger partial charge on any atom is -0.358 e. The highest BCUT2D eigenvalue weighted by Crippen LogP contribution is 2.28. The van der Waals surface area contributed by atoms with Gasteiger partial charge in [0.1, 0.15) is 11.4 Å². The molecule has 2 aliphatic rings. The molecule has 2 aliphatic heterocycles. The van der Waals surface area contributed by atoms with E-state index in [-0.39, 0.29) is 22.4 Å². The highest BCUT2D eigenvalue weighted by Gasteiger charge is 2.35. The van der Waals surface area contributed by atoms with Crippen LogP contribution >= 0.6 is 0 Å². The third-order valence-electron chi connectivity index (χ3n) is 6.09. The first-order chi connectivity index (χ1) is 13.1. The van der Waals surface area contributed by atoms with Crippen molar-refractivity contribution in [2.45, 2.75) is 32.2 Å². The van der Waals surface area contributed by atoms with Crippen molar-refractivity contribution in [1.29, 1.82) is 0 Å². The van der Waals surface area contributed by atoms with Crippen LogP contribution in [0.25, 0.3) is 10.9 Å². The molecule has 2 unspecified atom stereocenters. The molecule has 3 heterocycles. The maximum atomic E-state index is 13.8. The molecule has 2 saturated heterocycles. The molecule has 144 valence electrons. The first-order valence-corrected chi connectivity index (χ1v) is 9.67. The molecular formula is C20H25FN4O2. The van der Waals surface area contributed by atoms with Gasteiger partial charge in [0.15, 0.2) is 0 Å². The topological polar surface area (TPSA) is 77.2 Å². The second kappa shape index (κ2) is 7.40. The number of nitrogens with one attached hydrogen (secondary N) is 3. The number of piperidine rings is 1. The minimum absolute atomic E-state index is 0.0821. The summed E-state index contributed by atoms with van der Waals surface area (Å²) < 4.78 is 13.8. The molecule has 2 aromatic rings. The zero-order valence-electron chi connectivity index (χ0n) is 15.4. The number of halogens is 1. The fourth-order valence-electron chi connectivity index (χ4n) is 4.46. The predicted molar refractivity (Wildman–Crippen MR) is 102 cm³/mol. The summed E-state index contributed by atoms with van der Waals surface area (Å²) in [6.45, 7) is 4.47. The Morgan fingerprint density at radius 3 is 2.81 bits per heavy atom. The summed E-state index contributed by atoms with van der Waals surface area (Å²) in [6, 6.07) is 4.77. The number of pyridine rings is 1. The monoisotopic (exact) mass is 372 g/mol. The number of likely N-dealkylation sites (tertiary alicyclic amines) is 1. The molecule has 2 fully saturated rings. The van der Waals surface area contributed by atoms with E-state index in [1.165, 1.54) is 18.3 Å². The molecule has 0 saturated carbocycles. The molecule has 2 atom stereocenters. The second-order valence-corrected chi connectivity index (χ2v) is 7.54. The van der Waals surface area contributed by atoms with Gasteiger partial charge in [0.2, 0.25) is 5.43 Å². The number of hydrogen-bond acceptors (Lipinski definition) is 4. The fourth-order valence-corrected chi connectivity index (χ4v) is 4.46. The Labute approximate surface area is 157 Å². The third kappa shape index (κ3) is 3.26. The normalized spacial score (nSPS) is 23.9. The number of carbonyl (C=O) groups is 1. The number of fused-ring (bicyclic) bond motifs is 1. The van der Waals surface area contributed by atoms with Gasteiger partial charge in [-0.15, -0.1) is 0 Å². The summed E-state index contributed by atoms with van der Waals surface area (Å²) in [6.07, 6.45) is 4.31. The number of rotatable bonds is 3. The van der Waals surface area contributed by atoms with E-state index in [0.29, 0.717) is 31.0 Å². The van der Waals surface area contributed by atoms with Crippen molar-refractivity contribution >= 4 is 16.8 Å². The SMILES string of the molecule is CCC1CNNC1C1CCN(C(=O)c2c[nH]c3c(F)cccc3c2=O)CC1. The summed E-state index contributed by atoms with van der Waals surface area (Å²) in [4.78, 5) is 30.1. The summed E-state index contributed by atoms with van der Waals surface area (Å²) in [7, 11) is 0. The average molecular weight is 372 g/mol. The van der Waals surface area contributed by atoms with Gasteiger partial charge in [-0.25, -0.2) is 4.39 Å². The molecule has 27 heavy (non-hydrogen) atoms. The highest BCUT2D eigenvalue weighted by molar-refractivity contribution is 5.97. The van der Waals surface area contributed by atoms with Crippen LogP contribution in [-0.2, 0) is 0 Å². The molecule has 1 aromatic heterocycles. The number of hydrazine groups is 1. The van der Waals surface area contributed by atoms with Gasteiger partial charge in [0.25, 0.3) is 5.91 Å². The summed E-state index contributed by atoms with van der Waals surface area (Å²) >= 11 is 0. The molecule has 1 amide bonds. The van der Waals surface area contributed by atoms with Crippen molar-refractivity contribution in [3.63, 3.8) is 0 Å². The van der Waals surface area contributed by atoms with Gasteiger partial charge in [-0.1, -0.05) is 19.4 Å². The quantitative estimate of drug-likeness (QED) is 0.770. The fraction of sp³-hybridized carbons (Fsp3) is 0.500. The van der Waals surface area contributed by atoms with Crippen LogP contribution in [0.1, 0.15) is 36.5 Å². The zero-order valence-corrected chi connectivity index (χ0v) is 15.4. The lowest BCUT2D eigenvalue weighted by Crippen LogP contribution is -2.46. The Balaban J connectivity index is 1.49. The molecular weight excluding hydrogens is 347 g/mol. The first kappa shape index (κ1) is 18.1. The Kier molecular flexibility index (Phi) is 4.97. The van der Waals surface area contributed by atoms with E-state index in [1.54, 1.807) is 11.0 Å². The first-order valence-electron chi connectivity index (χ1n) is 9.67. The van der Waals surface area contributed by atoms with Crippen molar-refractivity contribution in [3.05, 3.63) is 46.0 Å². The number of amides is 1. The van der Waals surface area contributed by atoms with Crippen LogP contribution in [0.5, 0.6) is 0 Å². The molecule has 0 aliphatic carbocycles. The number of hydrogen-bond donors (Lipinski definition) is 3. The summed E-state index contributed by atoms with van der Waals surface area (Å²) in [5.41, 5.74) is 6.46. The van der Waals surface area contributed by atoms with Crippen LogP contribution in [0.2, 0.25) is 0 Å². The number of carbonyl (C=O) groups excluding carboxylic acids is 1. The van der Waals surface area contributed by atoms with Gasteiger partial charge < -0.3 is 9.88 Å². The van der Waals surface area contributed by atoms with Crippen LogP contribution in [0.4, 0.5) is 4.39 Å². The number of para-hydroxylation sites is 1. The predicted octanol–water partition coefficient (Wildman–Crippen LogP) is 2.02. The lowest BCUT2D eigenvalue weighted by molar-refractivity contribution is 0.0661. The molecule has 6 nitrogen and oxygen atoms in total. The third-order valence-corrected chi connectivity index (χ3v) is 6.09. The van der Waals surface area contributed by atoms with Gasteiger partial charge >= 0.3 is 0 Å². The number of benzene rings is 1. The number of H-pyrrole nitrogens is 1. The largest absolute Gasteiger partial charge is 0.358 e. The van der Waals surface area contributed by atoms with Crippen molar-refractivity contribution in [3.8, 4) is 0 Å². The van der Waals surface area contributed by atoms with Gasteiger partial charge in [0.05, 0.1) is 5.52 Å². The van der Waals surface area contributed by atoms with E-state index in [4.69, 9.17) is 0 Å².